The van der Waals surface area contributed by atoms with Gasteiger partial charge >= 0.3 is 0 Å². The van der Waals surface area contributed by atoms with Gasteiger partial charge in [-0.05, 0) is 28.5 Å². The SMILES string of the molecule is O=Cc1ccc2c3cccc(C=O)c3cc-2s1. The molecule has 0 fully saturated rings. The van der Waals surface area contributed by atoms with E-state index in [1.54, 1.807) is 6.07 Å². The Balaban J connectivity index is 2.44. The number of hydrogen-bond acceptors (Lipinski definition) is 3. The molecule has 0 spiro atoms. The maximum absolute atomic E-state index is 11.0. The van der Waals surface area contributed by atoms with E-state index in [1.165, 1.54) is 11.3 Å². The molecule has 0 unspecified atom stereocenters. The molecule has 82 valence electrons. The Hall–Kier alpha value is -2.00. The monoisotopic (exact) mass is 240 g/mol. The summed E-state index contributed by atoms with van der Waals surface area (Å²) in [4.78, 5) is 23.4. The van der Waals surface area contributed by atoms with E-state index in [2.05, 4.69) is 0 Å². The molecule has 3 heteroatoms. The highest BCUT2D eigenvalue weighted by Crippen LogP contribution is 2.38. The van der Waals surface area contributed by atoms with Gasteiger partial charge in [0.15, 0.2) is 12.6 Å². The van der Waals surface area contributed by atoms with Crippen LogP contribution in [0.2, 0.25) is 0 Å². The van der Waals surface area contributed by atoms with Crippen LogP contribution < -0.4 is 0 Å². The minimum absolute atomic E-state index is 0.693. The van der Waals surface area contributed by atoms with Gasteiger partial charge in [0.1, 0.15) is 0 Å². The molecule has 1 aliphatic carbocycles. The molecule has 2 nitrogen and oxygen atoms in total. The molecule has 0 bridgehead atoms. The van der Waals surface area contributed by atoms with Crippen LogP contribution in [-0.4, -0.2) is 12.6 Å². The summed E-state index contributed by atoms with van der Waals surface area (Å²) >= 11 is 1.45. The van der Waals surface area contributed by atoms with Crippen LogP contribution >= 0.6 is 11.3 Å². The average molecular weight is 240 g/mol. The van der Waals surface area contributed by atoms with Gasteiger partial charge in [0.2, 0.25) is 0 Å². The lowest BCUT2D eigenvalue weighted by atomic mass is 10.1. The van der Waals surface area contributed by atoms with Crippen molar-refractivity contribution >= 4 is 34.7 Å². The maximum atomic E-state index is 11.0. The first-order valence-electron chi connectivity index (χ1n) is 5.19. The molecule has 0 saturated heterocycles. The Kier molecular flexibility index (Phi) is 2.27. The van der Waals surface area contributed by atoms with Crippen LogP contribution in [0.1, 0.15) is 20.0 Å². The molecule has 0 saturated carbocycles. The molecule has 2 aliphatic rings. The van der Waals surface area contributed by atoms with Gasteiger partial charge in [-0.2, -0.15) is 0 Å². The predicted octanol–water partition coefficient (Wildman–Crippen LogP) is 3.63. The van der Waals surface area contributed by atoms with Gasteiger partial charge in [-0.25, -0.2) is 0 Å². The maximum Gasteiger partial charge on any atom is 0.160 e. The van der Waals surface area contributed by atoms with Crippen molar-refractivity contribution in [3.8, 4) is 10.4 Å². The van der Waals surface area contributed by atoms with Gasteiger partial charge in [-0.1, -0.05) is 24.3 Å². The minimum atomic E-state index is 0.693. The molecule has 0 aromatic heterocycles. The van der Waals surface area contributed by atoms with Crippen LogP contribution in [0.4, 0.5) is 0 Å². The van der Waals surface area contributed by atoms with Gasteiger partial charge in [-0.3, -0.25) is 9.59 Å². The van der Waals surface area contributed by atoms with E-state index in [0.29, 0.717) is 10.4 Å². The Labute approximate surface area is 102 Å². The topological polar surface area (TPSA) is 34.1 Å². The third-order valence-corrected chi connectivity index (χ3v) is 3.88. The minimum Gasteiger partial charge on any atom is -0.298 e. The molecular weight excluding hydrogens is 232 g/mol. The largest absolute Gasteiger partial charge is 0.298 e. The zero-order valence-corrected chi connectivity index (χ0v) is 9.66. The van der Waals surface area contributed by atoms with E-state index >= 15 is 0 Å². The second-order valence-electron chi connectivity index (χ2n) is 3.80. The van der Waals surface area contributed by atoms with Gasteiger partial charge < -0.3 is 0 Å². The highest BCUT2D eigenvalue weighted by atomic mass is 32.1. The Morgan fingerprint density at radius 2 is 1.82 bits per heavy atom. The molecule has 1 heterocycles. The lowest BCUT2D eigenvalue weighted by Crippen LogP contribution is -1.79. The zero-order valence-electron chi connectivity index (χ0n) is 8.84. The van der Waals surface area contributed by atoms with Crippen molar-refractivity contribution in [3.63, 3.8) is 0 Å². The highest BCUT2D eigenvalue weighted by molar-refractivity contribution is 7.17. The molecule has 1 aromatic carbocycles. The lowest BCUT2D eigenvalue weighted by Gasteiger charge is -1.99. The summed E-state index contributed by atoms with van der Waals surface area (Å²) in [6, 6.07) is 11.4. The van der Waals surface area contributed by atoms with Gasteiger partial charge in [0.25, 0.3) is 0 Å². The summed E-state index contributed by atoms with van der Waals surface area (Å²) in [5.74, 6) is 0. The van der Waals surface area contributed by atoms with Crippen molar-refractivity contribution in [2.45, 2.75) is 0 Å². The molecule has 0 atom stereocenters. The van der Waals surface area contributed by atoms with E-state index in [9.17, 15) is 9.59 Å². The molecule has 1 aliphatic heterocycles. The predicted molar refractivity (Wildman–Crippen MR) is 69.2 cm³/mol. The van der Waals surface area contributed by atoms with Crippen LogP contribution in [0.25, 0.3) is 21.2 Å². The van der Waals surface area contributed by atoms with E-state index in [1.807, 2.05) is 30.3 Å². The molecule has 1 aromatic rings. The second-order valence-corrected chi connectivity index (χ2v) is 4.92. The summed E-state index contributed by atoms with van der Waals surface area (Å²) in [7, 11) is 0. The Bertz CT molecular complexity index is 697. The highest BCUT2D eigenvalue weighted by Gasteiger charge is 2.13. The van der Waals surface area contributed by atoms with Crippen molar-refractivity contribution in [2.24, 2.45) is 0 Å². The molecular formula is C14H8O2S. The number of hydrogen-bond donors (Lipinski definition) is 0. The van der Waals surface area contributed by atoms with Crippen molar-refractivity contribution in [3.05, 3.63) is 46.8 Å². The third-order valence-electron chi connectivity index (χ3n) is 2.86. The fraction of sp³-hybridized carbons (Fsp3) is 0. The third kappa shape index (κ3) is 1.47. The van der Waals surface area contributed by atoms with Gasteiger partial charge in [0.05, 0.1) is 4.88 Å². The van der Waals surface area contributed by atoms with Gasteiger partial charge in [0, 0.05) is 10.4 Å². The van der Waals surface area contributed by atoms with Crippen molar-refractivity contribution in [1.82, 2.24) is 0 Å². The Morgan fingerprint density at radius 1 is 0.941 bits per heavy atom. The van der Waals surface area contributed by atoms with E-state index in [4.69, 9.17) is 0 Å². The molecule has 3 rings (SSSR count). The van der Waals surface area contributed by atoms with Crippen molar-refractivity contribution in [1.29, 1.82) is 0 Å². The summed E-state index contributed by atoms with van der Waals surface area (Å²) in [6.45, 7) is 0. The normalized spacial score (nSPS) is 10.8. The molecule has 0 amide bonds. The summed E-state index contributed by atoms with van der Waals surface area (Å²) < 4.78 is 0. The zero-order chi connectivity index (χ0) is 11.8. The van der Waals surface area contributed by atoms with Crippen LogP contribution in [0, 0.1) is 0 Å². The fourth-order valence-electron chi connectivity index (χ4n) is 2.07. The number of benzene rings is 1. The standard InChI is InChI=1S/C14H8O2S/c15-7-9-2-1-3-11-12-5-4-10(8-16)17-14(12)6-13(9)11/h1-8H. The van der Waals surface area contributed by atoms with Crippen molar-refractivity contribution in [2.75, 3.05) is 0 Å². The summed E-state index contributed by atoms with van der Waals surface area (Å²) in [6.07, 6.45) is 1.72. The quantitative estimate of drug-likeness (QED) is 0.641. The van der Waals surface area contributed by atoms with Crippen LogP contribution in [0.5, 0.6) is 0 Å². The number of carbonyl (C=O) groups excluding carboxylic acids is 2. The molecule has 17 heavy (non-hydrogen) atoms. The van der Waals surface area contributed by atoms with E-state index in [0.717, 1.165) is 33.8 Å². The molecule has 0 N–H and O–H groups in total. The first-order chi connectivity index (χ1) is 8.33. The molecule has 0 radical (unpaired) electrons. The van der Waals surface area contributed by atoms with E-state index < -0.39 is 0 Å². The number of aldehydes is 2. The number of rotatable bonds is 2. The van der Waals surface area contributed by atoms with Crippen LogP contribution in [-0.2, 0) is 0 Å². The summed E-state index contributed by atoms with van der Waals surface area (Å²) in [5.41, 5.74) is 1.79. The second kappa shape index (κ2) is 3.79. The lowest BCUT2D eigenvalue weighted by molar-refractivity contribution is 0.111. The summed E-state index contributed by atoms with van der Waals surface area (Å²) in [5, 5.41) is 2.02. The Morgan fingerprint density at radius 3 is 2.59 bits per heavy atom. The fourth-order valence-corrected chi connectivity index (χ4v) is 2.97. The first kappa shape index (κ1) is 10.2. The van der Waals surface area contributed by atoms with Crippen LogP contribution in [0.15, 0.2) is 36.4 Å². The first-order valence-corrected chi connectivity index (χ1v) is 6.01. The number of carbonyl (C=O) groups is 2. The smallest absolute Gasteiger partial charge is 0.160 e. The van der Waals surface area contributed by atoms with Crippen molar-refractivity contribution < 1.29 is 9.59 Å². The van der Waals surface area contributed by atoms with Crippen LogP contribution in [0.3, 0.4) is 0 Å². The van der Waals surface area contributed by atoms with Gasteiger partial charge in [-0.15, -0.1) is 11.3 Å². The average Bonchev–Trinajstić information content (AvgIpc) is 2.75. The number of fused-ring (bicyclic) bond motifs is 3. The van der Waals surface area contributed by atoms with E-state index in [-0.39, 0.29) is 0 Å².